The summed E-state index contributed by atoms with van der Waals surface area (Å²) in [5.41, 5.74) is 1.05. The smallest absolute Gasteiger partial charge is 0.274 e. The molecule has 5 rings (SSSR count). The van der Waals surface area contributed by atoms with E-state index in [0.717, 1.165) is 29.0 Å². The summed E-state index contributed by atoms with van der Waals surface area (Å²) in [5, 5.41) is 4.19. The minimum absolute atomic E-state index is 0.0114. The van der Waals surface area contributed by atoms with Crippen molar-refractivity contribution >= 4 is 21.4 Å². The molecule has 1 aliphatic rings. The van der Waals surface area contributed by atoms with Crippen molar-refractivity contribution in [3.8, 4) is 16.9 Å². The third kappa shape index (κ3) is 4.18. The Labute approximate surface area is 217 Å². The van der Waals surface area contributed by atoms with Crippen LogP contribution >= 0.6 is 11.6 Å². The molecule has 0 amide bonds. The highest BCUT2D eigenvalue weighted by molar-refractivity contribution is 7.90. The Morgan fingerprint density at radius 3 is 2.49 bits per heavy atom. The van der Waals surface area contributed by atoms with Crippen LogP contribution < -0.4 is 5.56 Å². The molecule has 3 heterocycles. The van der Waals surface area contributed by atoms with Crippen LogP contribution in [-0.2, 0) is 16.9 Å². The fourth-order valence-electron chi connectivity index (χ4n) is 4.90. The standard InChI is InChI=1S/C26H23ClF2N4O3S/c1-13-12-30-24(15-6-5-7-20(22(15)28)37(4,35)36)23(29)25(13)33-14(2)10-18(21(27)26(33)34)16-11-17(16)19-8-9-31-32(19)3/h5-10,12,16-17H,11H2,1-4H3/t16-,17-/m0/s1. The zero-order chi connectivity index (χ0) is 26.8. The maximum atomic E-state index is 16.0. The molecule has 0 unspecified atom stereocenters. The number of halogens is 3. The van der Waals surface area contributed by atoms with Gasteiger partial charge in [-0.25, -0.2) is 17.2 Å². The lowest BCUT2D eigenvalue weighted by atomic mass is 10.1. The number of benzene rings is 1. The molecule has 0 N–H and O–H groups in total. The first-order chi connectivity index (χ1) is 17.4. The van der Waals surface area contributed by atoms with Crippen molar-refractivity contribution < 1.29 is 17.2 Å². The second kappa shape index (κ2) is 8.88. The summed E-state index contributed by atoms with van der Waals surface area (Å²) in [5.74, 6) is -1.86. The van der Waals surface area contributed by atoms with E-state index in [1.54, 1.807) is 30.8 Å². The summed E-state index contributed by atoms with van der Waals surface area (Å²) in [7, 11) is -2.04. The second-order valence-corrected chi connectivity index (χ2v) is 11.7. The average Bonchev–Trinajstić information content (AvgIpc) is 3.49. The summed E-state index contributed by atoms with van der Waals surface area (Å²) in [6.07, 6.45) is 4.71. The summed E-state index contributed by atoms with van der Waals surface area (Å²) < 4.78 is 58.0. The van der Waals surface area contributed by atoms with E-state index in [0.29, 0.717) is 16.8 Å². The topological polar surface area (TPSA) is 86.8 Å². The van der Waals surface area contributed by atoms with Crippen molar-refractivity contribution in [1.82, 2.24) is 19.3 Å². The average molecular weight is 545 g/mol. The van der Waals surface area contributed by atoms with Crippen LogP contribution in [-0.4, -0.2) is 34.0 Å². The lowest BCUT2D eigenvalue weighted by molar-refractivity contribution is 0.569. The molecule has 1 aromatic carbocycles. The van der Waals surface area contributed by atoms with Crippen LogP contribution in [0, 0.1) is 25.5 Å². The van der Waals surface area contributed by atoms with Gasteiger partial charge in [-0.1, -0.05) is 17.7 Å². The van der Waals surface area contributed by atoms with Crippen LogP contribution in [0.15, 0.2) is 52.4 Å². The van der Waals surface area contributed by atoms with E-state index in [1.807, 2.05) is 13.1 Å². The van der Waals surface area contributed by atoms with E-state index in [9.17, 15) is 13.2 Å². The summed E-state index contributed by atoms with van der Waals surface area (Å²) in [6.45, 7) is 3.25. The van der Waals surface area contributed by atoms with Gasteiger partial charge in [0, 0.05) is 48.6 Å². The van der Waals surface area contributed by atoms with Gasteiger partial charge in [-0.3, -0.25) is 19.0 Å². The van der Waals surface area contributed by atoms with Gasteiger partial charge in [-0.2, -0.15) is 5.10 Å². The Hall–Kier alpha value is -3.37. The van der Waals surface area contributed by atoms with Crippen molar-refractivity contribution in [3.05, 3.63) is 92.3 Å². The van der Waals surface area contributed by atoms with Crippen LogP contribution in [0.25, 0.3) is 16.9 Å². The monoisotopic (exact) mass is 544 g/mol. The zero-order valence-corrected chi connectivity index (χ0v) is 22.0. The third-order valence-corrected chi connectivity index (χ3v) is 8.30. The molecule has 2 atom stereocenters. The first-order valence-corrected chi connectivity index (χ1v) is 13.7. The highest BCUT2D eigenvalue weighted by atomic mass is 35.5. The Morgan fingerprint density at radius 1 is 1.11 bits per heavy atom. The van der Waals surface area contributed by atoms with Gasteiger partial charge in [-0.05, 0) is 61.6 Å². The lowest BCUT2D eigenvalue weighted by Gasteiger charge is -2.18. The largest absolute Gasteiger partial charge is 0.277 e. The molecule has 1 saturated carbocycles. The lowest BCUT2D eigenvalue weighted by Crippen LogP contribution is -2.24. The number of hydrogen-bond acceptors (Lipinski definition) is 5. The first kappa shape index (κ1) is 25.3. The Morgan fingerprint density at radius 2 is 1.84 bits per heavy atom. The van der Waals surface area contributed by atoms with Crippen LogP contribution in [0.1, 0.15) is 40.8 Å². The van der Waals surface area contributed by atoms with E-state index in [1.165, 1.54) is 18.3 Å². The summed E-state index contributed by atoms with van der Waals surface area (Å²) in [4.78, 5) is 16.9. The third-order valence-electron chi connectivity index (χ3n) is 6.81. The Kier molecular flexibility index (Phi) is 6.07. The van der Waals surface area contributed by atoms with Gasteiger partial charge >= 0.3 is 0 Å². The van der Waals surface area contributed by atoms with Crippen LogP contribution in [0.2, 0.25) is 5.02 Å². The molecule has 4 aromatic rings. The van der Waals surface area contributed by atoms with Gasteiger partial charge in [0.05, 0.1) is 5.69 Å². The number of pyridine rings is 2. The van der Waals surface area contributed by atoms with E-state index in [4.69, 9.17) is 11.6 Å². The van der Waals surface area contributed by atoms with Gasteiger partial charge in [0.2, 0.25) is 0 Å². The fraction of sp³-hybridized carbons (Fsp3) is 0.269. The van der Waals surface area contributed by atoms with Crippen molar-refractivity contribution in [3.63, 3.8) is 0 Å². The quantitative estimate of drug-likeness (QED) is 0.358. The molecule has 0 saturated heterocycles. The summed E-state index contributed by atoms with van der Waals surface area (Å²) >= 11 is 6.56. The molecule has 0 bridgehead atoms. The maximum absolute atomic E-state index is 16.0. The molecular weight excluding hydrogens is 522 g/mol. The molecule has 7 nitrogen and oxygen atoms in total. The van der Waals surface area contributed by atoms with Crippen molar-refractivity contribution in [2.24, 2.45) is 7.05 Å². The van der Waals surface area contributed by atoms with Gasteiger partial charge in [0.25, 0.3) is 5.56 Å². The number of aryl methyl sites for hydroxylation is 3. The number of hydrogen-bond donors (Lipinski definition) is 0. The molecule has 11 heteroatoms. The van der Waals surface area contributed by atoms with Crippen molar-refractivity contribution in [2.45, 2.75) is 37.0 Å². The number of rotatable bonds is 5. The van der Waals surface area contributed by atoms with E-state index < -0.39 is 37.6 Å². The molecule has 0 aliphatic heterocycles. The van der Waals surface area contributed by atoms with Gasteiger partial charge in [-0.15, -0.1) is 0 Å². The van der Waals surface area contributed by atoms with Crippen LogP contribution in [0.4, 0.5) is 8.78 Å². The molecular formula is C26H23ClF2N4O3S. The first-order valence-electron chi connectivity index (χ1n) is 11.5. The SMILES string of the molecule is Cc1cnc(-c2cccc(S(C)(=O)=O)c2F)c(F)c1-n1c(C)cc([C@H]2C[C@@H]2c2ccnn2C)c(Cl)c1=O. The fourth-order valence-corrected chi connectivity index (χ4v) is 5.94. The minimum atomic E-state index is -3.90. The predicted octanol–water partition coefficient (Wildman–Crippen LogP) is 4.86. The molecule has 1 aliphatic carbocycles. The van der Waals surface area contributed by atoms with E-state index in [-0.39, 0.29) is 28.1 Å². The van der Waals surface area contributed by atoms with Crippen molar-refractivity contribution in [2.75, 3.05) is 6.26 Å². The Bertz CT molecular complexity index is 1750. The number of sulfone groups is 1. The highest BCUT2D eigenvalue weighted by Gasteiger charge is 2.43. The summed E-state index contributed by atoms with van der Waals surface area (Å²) in [6, 6.07) is 7.36. The molecule has 1 fully saturated rings. The predicted molar refractivity (Wildman–Crippen MR) is 136 cm³/mol. The Balaban J connectivity index is 1.64. The van der Waals surface area contributed by atoms with Gasteiger partial charge in [0.15, 0.2) is 21.5 Å². The molecule has 0 radical (unpaired) electrons. The highest BCUT2D eigenvalue weighted by Crippen LogP contribution is 2.55. The molecule has 0 spiro atoms. The molecule has 192 valence electrons. The van der Waals surface area contributed by atoms with Crippen LogP contribution in [0.5, 0.6) is 0 Å². The van der Waals surface area contributed by atoms with Crippen molar-refractivity contribution in [1.29, 1.82) is 0 Å². The normalized spacial score (nSPS) is 17.3. The maximum Gasteiger partial charge on any atom is 0.274 e. The molecule has 3 aromatic heterocycles. The van der Waals surface area contributed by atoms with E-state index >= 15 is 8.78 Å². The minimum Gasteiger partial charge on any atom is -0.277 e. The second-order valence-electron chi connectivity index (χ2n) is 9.37. The van der Waals surface area contributed by atoms with Gasteiger partial charge in [0.1, 0.15) is 15.6 Å². The number of aromatic nitrogens is 4. The van der Waals surface area contributed by atoms with Crippen LogP contribution in [0.3, 0.4) is 0 Å². The molecule has 37 heavy (non-hydrogen) atoms. The van der Waals surface area contributed by atoms with Gasteiger partial charge < -0.3 is 0 Å². The zero-order valence-electron chi connectivity index (χ0n) is 20.5. The van der Waals surface area contributed by atoms with E-state index in [2.05, 4.69) is 10.1 Å². The number of nitrogens with zero attached hydrogens (tertiary/aromatic N) is 4.